The van der Waals surface area contributed by atoms with Gasteiger partial charge in [-0.25, -0.2) is 4.98 Å². The molecule has 0 saturated carbocycles. The summed E-state index contributed by atoms with van der Waals surface area (Å²) in [5.74, 6) is 2.25. The maximum Gasteiger partial charge on any atom is 0.277 e. The lowest BCUT2D eigenvalue weighted by atomic mass is 10.2. The maximum atomic E-state index is 12.6. The summed E-state index contributed by atoms with van der Waals surface area (Å²) in [4.78, 5) is 20.2. The Balaban J connectivity index is 1.89. The highest BCUT2D eigenvalue weighted by molar-refractivity contribution is 7.99. The van der Waals surface area contributed by atoms with Gasteiger partial charge in [0.25, 0.3) is 5.56 Å². The van der Waals surface area contributed by atoms with E-state index in [2.05, 4.69) is 16.9 Å². The van der Waals surface area contributed by atoms with E-state index in [-0.39, 0.29) is 5.56 Å². The Labute approximate surface area is 137 Å². The van der Waals surface area contributed by atoms with Crippen molar-refractivity contribution in [1.29, 1.82) is 0 Å². The number of nitrogens with zero attached hydrogens (tertiary/aromatic N) is 2. The second kappa shape index (κ2) is 6.75. The zero-order valence-electron chi connectivity index (χ0n) is 12.4. The van der Waals surface area contributed by atoms with E-state index in [1.54, 1.807) is 10.9 Å². The summed E-state index contributed by atoms with van der Waals surface area (Å²) in [6.07, 6.45) is 3.81. The maximum absolute atomic E-state index is 12.6. The molecule has 4 nitrogen and oxygen atoms in total. The molecular weight excluding hydrogens is 318 g/mol. The minimum atomic E-state index is -0.0159. The van der Waals surface area contributed by atoms with Gasteiger partial charge < -0.3 is 4.98 Å². The lowest BCUT2D eigenvalue weighted by Crippen LogP contribution is -2.21. The van der Waals surface area contributed by atoms with Crippen molar-refractivity contribution in [1.82, 2.24) is 14.5 Å². The van der Waals surface area contributed by atoms with Crippen molar-refractivity contribution in [3.8, 4) is 0 Å². The predicted molar refractivity (Wildman–Crippen MR) is 95.1 cm³/mol. The number of H-pyrrole nitrogens is 1. The van der Waals surface area contributed by atoms with Crippen LogP contribution in [0.1, 0.15) is 19.8 Å². The Bertz CT molecular complexity index is 856. The van der Waals surface area contributed by atoms with Crippen molar-refractivity contribution in [3.05, 3.63) is 39.9 Å². The van der Waals surface area contributed by atoms with Crippen molar-refractivity contribution >= 4 is 45.3 Å². The van der Waals surface area contributed by atoms with Crippen LogP contribution in [-0.4, -0.2) is 26.0 Å². The van der Waals surface area contributed by atoms with Gasteiger partial charge in [0, 0.05) is 22.5 Å². The predicted octanol–water partition coefficient (Wildman–Crippen LogP) is 4.06. The third kappa shape index (κ3) is 3.01. The molecule has 0 saturated heterocycles. The Hall–Kier alpha value is -1.46. The molecule has 6 heteroatoms. The topological polar surface area (TPSA) is 50.7 Å². The lowest BCUT2D eigenvalue weighted by Gasteiger charge is -2.04. The van der Waals surface area contributed by atoms with Crippen LogP contribution in [0.5, 0.6) is 0 Å². The van der Waals surface area contributed by atoms with E-state index < -0.39 is 0 Å². The second-order valence-corrected chi connectivity index (χ2v) is 6.91. The molecule has 3 rings (SSSR count). The van der Waals surface area contributed by atoms with E-state index >= 15 is 0 Å². The number of rotatable bonds is 6. The van der Waals surface area contributed by atoms with Gasteiger partial charge in [0.1, 0.15) is 11.0 Å². The normalized spacial score (nSPS) is 11.5. The summed E-state index contributed by atoms with van der Waals surface area (Å²) in [6, 6.07) is 5.53. The Kier molecular flexibility index (Phi) is 4.74. The van der Waals surface area contributed by atoms with Crippen molar-refractivity contribution in [3.63, 3.8) is 0 Å². The standard InChI is InChI=1S/C16H18ClN3OS/c1-2-7-22-8-3-6-20-10-18-14-12-9-11(17)4-5-13(12)19-15(14)16(20)21/h4-5,9-10,19H,2-3,6-8H2,1H3. The first kappa shape index (κ1) is 15.4. The van der Waals surface area contributed by atoms with Crippen molar-refractivity contribution in [2.24, 2.45) is 0 Å². The average Bonchev–Trinajstić information content (AvgIpc) is 2.88. The fraction of sp³-hybridized carbons (Fsp3) is 0.375. The quantitative estimate of drug-likeness (QED) is 0.691. The molecule has 0 amide bonds. The largest absolute Gasteiger partial charge is 0.349 e. The number of fused-ring (bicyclic) bond motifs is 3. The van der Waals surface area contributed by atoms with Gasteiger partial charge in [-0.1, -0.05) is 18.5 Å². The van der Waals surface area contributed by atoms with Gasteiger partial charge in [-0.05, 0) is 42.5 Å². The minimum Gasteiger partial charge on any atom is -0.349 e. The van der Waals surface area contributed by atoms with Crippen molar-refractivity contribution in [2.75, 3.05) is 11.5 Å². The summed E-state index contributed by atoms with van der Waals surface area (Å²) in [5.41, 5.74) is 2.12. The molecule has 0 radical (unpaired) electrons. The van der Waals surface area contributed by atoms with Crippen LogP contribution in [0.2, 0.25) is 5.02 Å². The van der Waals surface area contributed by atoms with Gasteiger partial charge in [-0.15, -0.1) is 0 Å². The number of halogens is 1. The van der Waals surface area contributed by atoms with Crippen LogP contribution in [-0.2, 0) is 6.54 Å². The molecule has 0 fully saturated rings. The van der Waals surface area contributed by atoms with E-state index in [0.717, 1.165) is 23.1 Å². The van der Waals surface area contributed by atoms with Gasteiger partial charge >= 0.3 is 0 Å². The van der Waals surface area contributed by atoms with Crippen LogP contribution in [0.15, 0.2) is 29.3 Å². The van der Waals surface area contributed by atoms with Crippen LogP contribution < -0.4 is 5.56 Å². The Morgan fingerprint density at radius 1 is 1.36 bits per heavy atom. The molecule has 0 spiro atoms. The fourth-order valence-corrected chi connectivity index (χ4v) is 3.50. The van der Waals surface area contributed by atoms with E-state index in [0.29, 0.717) is 22.6 Å². The number of nitrogens with one attached hydrogen (secondary N) is 1. The lowest BCUT2D eigenvalue weighted by molar-refractivity contribution is 0.651. The molecular formula is C16H18ClN3OS. The van der Waals surface area contributed by atoms with E-state index in [1.807, 2.05) is 30.0 Å². The van der Waals surface area contributed by atoms with Crippen molar-refractivity contribution < 1.29 is 0 Å². The molecule has 2 aromatic heterocycles. The number of thioether (sulfide) groups is 1. The molecule has 0 aliphatic heterocycles. The third-order valence-electron chi connectivity index (χ3n) is 3.57. The van der Waals surface area contributed by atoms with Gasteiger partial charge in [0.15, 0.2) is 0 Å². The van der Waals surface area contributed by atoms with Gasteiger partial charge in [0.2, 0.25) is 0 Å². The van der Waals surface area contributed by atoms with Crippen molar-refractivity contribution in [2.45, 2.75) is 26.3 Å². The molecule has 1 aromatic carbocycles. The van der Waals surface area contributed by atoms with Crippen LogP contribution in [0.3, 0.4) is 0 Å². The molecule has 3 aromatic rings. The third-order valence-corrected chi connectivity index (χ3v) is 5.08. The van der Waals surface area contributed by atoms with Crippen LogP contribution >= 0.6 is 23.4 Å². The highest BCUT2D eigenvalue weighted by Gasteiger charge is 2.11. The van der Waals surface area contributed by atoms with E-state index in [1.165, 1.54) is 12.2 Å². The number of aryl methyl sites for hydroxylation is 1. The molecule has 0 unspecified atom stereocenters. The van der Waals surface area contributed by atoms with Gasteiger partial charge in [-0.3, -0.25) is 9.36 Å². The first-order valence-electron chi connectivity index (χ1n) is 7.45. The van der Waals surface area contributed by atoms with Crippen LogP contribution in [0.4, 0.5) is 0 Å². The number of hydrogen-bond donors (Lipinski definition) is 1. The molecule has 22 heavy (non-hydrogen) atoms. The smallest absolute Gasteiger partial charge is 0.277 e. The SMILES string of the molecule is CCCSCCCn1cnc2c([nH]c3ccc(Cl)cc32)c1=O. The molecule has 0 bridgehead atoms. The highest BCUT2D eigenvalue weighted by atomic mass is 35.5. The zero-order chi connectivity index (χ0) is 15.5. The first-order valence-corrected chi connectivity index (χ1v) is 8.98. The highest BCUT2D eigenvalue weighted by Crippen LogP contribution is 2.24. The minimum absolute atomic E-state index is 0.0159. The summed E-state index contributed by atoms with van der Waals surface area (Å²) >= 11 is 7.96. The molecule has 0 aliphatic rings. The zero-order valence-corrected chi connectivity index (χ0v) is 14.0. The Morgan fingerprint density at radius 2 is 2.23 bits per heavy atom. The number of aromatic nitrogens is 3. The molecule has 1 N–H and O–H groups in total. The first-order chi connectivity index (χ1) is 10.7. The molecule has 2 heterocycles. The monoisotopic (exact) mass is 335 g/mol. The fourth-order valence-electron chi connectivity index (χ4n) is 2.50. The Morgan fingerprint density at radius 3 is 3.05 bits per heavy atom. The molecule has 116 valence electrons. The second-order valence-electron chi connectivity index (χ2n) is 5.25. The summed E-state index contributed by atoms with van der Waals surface area (Å²) in [5, 5.41) is 1.54. The average molecular weight is 336 g/mol. The summed E-state index contributed by atoms with van der Waals surface area (Å²) in [6.45, 7) is 2.88. The molecule has 0 atom stereocenters. The number of hydrogen-bond acceptors (Lipinski definition) is 3. The summed E-state index contributed by atoms with van der Waals surface area (Å²) < 4.78 is 1.69. The number of aromatic amines is 1. The number of benzene rings is 1. The van der Waals surface area contributed by atoms with Crippen LogP contribution in [0, 0.1) is 0 Å². The summed E-state index contributed by atoms with van der Waals surface area (Å²) in [7, 11) is 0. The molecule has 0 aliphatic carbocycles. The van der Waals surface area contributed by atoms with Gasteiger partial charge in [-0.2, -0.15) is 11.8 Å². The van der Waals surface area contributed by atoms with Gasteiger partial charge in [0.05, 0.1) is 6.33 Å². The van der Waals surface area contributed by atoms with E-state index in [9.17, 15) is 4.79 Å². The van der Waals surface area contributed by atoms with E-state index in [4.69, 9.17) is 11.6 Å². The van der Waals surface area contributed by atoms with Crippen LogP contribution in [0.25, 0.3) is 21.9 Å².